The number of carbonyl (C=O) groups is 3. The summed E-state index contributed by atoms with van der Waals surface area (Å²) in [5, 5.41) is 21.1. The Morgan fingerprint density at radius 2 is 1.84 bits per heavy atom. The molecular weight excluding hydrogens is 468 g/mol. The highest BCUT2D eigenvalue weighted by Gasteiger charge is 2.44. The molecule has 0 radical (unpaired) electrons. The molecule has 1 heterocycles. The largest absolute Gasteiger partial charge is 0.388 e. The van der Waals surface area contributed by atoms with Gasteiger partial charge in [-0.2, -0.15) is 0 Å². The van der Waals surface area contributed by atoms with Gasteiger partial charge in [-0.3, -0.25) is 14.4 Å². The average Bonchev–Trinajstić information content (AvgIpc) is 3.29. The molecular formula is C29H36N4O4. The van der Waals surface area contributed by atoms with Crippen molar-refractivity contribution in [2.75, 3.05) is 6.54 Å². The first-order valence-electron chi connectivity index (χ1n) is 12.4. The number of nitrogens with two attached hydrogens (primary N) is 1. The first-order valence-corrected chi connectivity index (χ1v) is 12.4. The van der Waals surface area contributed by atoms with Crippen LogP contribution in [0.15, 0.2) is 60.2 Å². The Bertz CT molecular complexity index is 1210. The molecule has 1 fully saturated rings. The van der Waals surface area contributed by atoms with Crippen LogP contribution in [0.4, 0.5) is 0 Å². The minimum atomic E-state index is -1.08. The Balaban J connectivity index is 1.72. The van der Waals surface area contributed by atoms with Gasteiger partial charge in [0.1, 0.15) is 0 Å². The van der Waals surface area contributed by atoms with E-state index in [0.29, 0.717) is 17.6 Å². The minimum Gasteiger partial charge on any atom is -0.388 e. The second-order valence-corrected chi connectivity index (χ2v) is 10.2. The predicted octanol–water partition coefficient (Wildman–Crippen LogP) is 3.22. The summed E-state index contributed by atoms with van der Waals surface area (Å²) in [7, 11) is 0. The fourth-order valence-electron chi connectivity index (χ4n) is 4.92. The van der Waals surface area contributed by atoms with E-state index >= 15 is 0 Å². The fourth-order valence-corrected chi connectivity index (χ4v) is 4.92. The third-order valence-electron chi connectivity index (χ3n) is 6.77. The molecule has 37 heavy (non-hydrogen) atoms. The molecule has 1 aliphatic heterocycles. The number of hydrogen-bond acceptors (Lipinski definition) is 5. The second-order valence-electron chi connectivity index (χ2n) is 10.2. The molecule has 2 aromatic carbocycles. The number of nitrogens with zero attached hydrogens (tertiary/aromatic N) is 1. The van der Waals surface area contributed by atoms with Crippen LogP contribution in [0, 0.1) is 12.3 Å². The molecule has 2 unspecified atom stereocenters. The summed E-state index contributed by atoms with van der Waals surface area (Å²) in [5.74, 6) is -1.23. The molecule has 0 saturated carbocycles. The summed E-state index contributed by atoms with van der Waals surface area (Å²) in [6.45, 7) is 6.61. The molecule has 0 bridgehead atoms. The molecule has 1 aliphatic rings. The molecule has 2 aromatic rings. The highest BCUT2D eigenvalue weighted by Crippen LogP contribution is 2.40. The molecule has 2 atom stereocenters. The highest BCUT2D eigenvalue weighted by atomic mass is 16.3. The smallest absolute Gasteiger partial charge is 0.251 e. The molecule has 3 rings (SSSR count). The van der Waals surface area contributed by atoms with E-state index in [1.165, 1.54) is 6.08 Å². The van der Waals surface area contributed by atoms with E-state index in [2.05, 4.69) is 5.32 Å². The van der Waals surface area contributed by atoms with Gasteiger partial charge in [0.05, 0.1) is 24.2 Å². The first-order chi connectivity index (χ1) is 17.4. The SMILES string of the molecule is CC(=N)/C=C(/Cc1ccc(C(=O)NCC(=O)N2C(c3ccccc3)CCC2C(C)(C)O)cc1C)C(N)=O. The van der Waals surface area contributed by atoms with Crippen molar-refractivity contribution in [1.29, 1.82) is 5.41 Å². The lowest BCUT2D eigenvalue weighted by molar-refractivity contribution is -0.138. The lowest BCUT2D eigenvalue weighted by Crippen LogP contribution is -2.51. The molecule has 0 aromatic heterocycles. The Kier molecular flexibility index (Phi) is 8.65. The van der Waals surface area contributed by atoms with Gasteiger partial charge < -0.3 is 26.5 Å². The summed E-state index contributed by atoms with van der Waals surface area (Å²) in [4.78, 5) is 39.7. The molecule has 0 aliphatic carbocycles. The first kappa shape index (κ1) is 27.8. The van der Waals surface area contributed by atoms with Crippen LogP contribution in [-0.4, -0.2) is 51.6 Å². The maximum atomic E-state index is 13.3. The van der Waals surface area contributed by atoms with Gasteiger partial charge >= 0.3 is 0 Å². The number of nitrogens with one attached hydrogen (secondary N) is 2. The summed E-state index contributed by atoms with van der Waals surface area (Å²) < 4.78 is 0. The molecule has 3 amide bonds. The summed E-state index contributed by atoms with van der Waals surface area (Å²) in [5.41, 5.74) is 7.91. The number of aryl methyl sites for hydroxylation is 1. The van der Waals surface area contributed by atoms with Gasteiger partial charge in [-0.25, -0.2) is 0 Å². The van der Waals surface area contributed by atoms with Crippen LogP contribution in [0.5, 0.6) is 0 Å². The molecule has 5 N–H and O–H groups in total. The minimum absolute atomic E-state index is 0.166. The van der Waals surface area contributed by atoms with Crippen LogP contribution in [-0.2, 0) is 16.0 Å². The second kappa shape index (κ2) is 11.5. The van der Waals surface area contributed by atoms with Gasteiger partial charge in [0.25, 0.3) is 5.91 Å². The van der Waals surface area contributed by atoms with Gasteiger partial charge in [-0.1, -0.05) is 36.4 Å². The topological polar surface area (TPSA) is 137 Å². The number of allylic oxidation sites excluding steroid dienone is 1. The number of rotatable bonds is 9. The van der Waals surface area contributed by atoms with Crippen LogP contribution >= 0.6 is 0 Å². The van der Waals surface area contributed by atoms with E-state index in [-0.39, 0.29) is 42.6 Å². The van der Waals surface area contributed by atoms with E-state index in [1.807, 2.05) is 37.3 Å². The number of hydrogen-bond donors (Lipinski definition) is 4. The van der Waals surface area contributed by atoms with Crippen molar-refractivity contribution >= 4 is 23.4 Å². The monoisotopic (exact) mass is 504 g/mol. The fraction of sp³-hybridized carbons (Fsp3) is 0.379. The third kappa shape index (κ3) is 6.92. The van der Waals surface area contributed by atoms with Gasteiger partial charge in [0.2, 0.25) is 11.8 Å². The van der Waals surface area contributed by atoms with Gasteiger partial charge in [-0.05, 0) is 75.4 Å². The van der Waals surface area contributed by atoms with E-state index in [0.717, 1.165) is 23.1 Å². The lowest BCUT2D eigenvalue weighted by atomic mass is 9.96. The van der Waals surface area contributed by atoms with E-state index in [4.69, 9.17) is 11.1 Å². The van der Waals surface area contributed by atoms with Crippen LogP contribution < -0.4 is 11.1 Å². The van der Waals surface area contributed by atoms with Crippen LogP contribution in [0.25, 0.3) is 0 Å². The number of aliphatic hydroxyl groups is 1. The summed E-state index contributed by atoms with van der Waals surface area (Å²) >= 11 is 0. The zero-order chi connectivity index (χ0) is 27.3. The van der Waals surface area contributed by atoms with Crippen LogP contribution in [0.1, 0.15) is 66.7 Å². The van der Waals surface area contributed by atoms with E-state index in [1.54, 1.807) is 43.9 Å². The maximum absolute atomic E-state index is 13.3. The third-order valence-corrected chi connectivity index (χ3v) is 6.77. The number of amides is 3. The lowest BCUT2D eigenvalue weighted by Gasteiger charge is -2.37. The normalized spacial score (nSPS) is 18.0. The quantitative estimate of drug-likeness (QED) is 0.308. The number of benzene rings is 2. The van der Waals surface area contributed by atoms with E-state index < -0.39 is 11.5 Å². The van der Waals surface area contributed by atoms with Gasteiger partial charge in [-0.15, -0.1) is 0 Å². The van der Waals surface area contributed by atoms with Crippen molar-refractivity contribution in [2.24, 2.45) is 5.73 Å². The number of likely N-dealkylation sites (tertiary alicyclic amines) is 1. The molecule has 1 saturated heterocycles. The van der Waals surface area contributed by atoms with Gasteiger partial charge in [0, 0.05) is 23.3 Å². The Morgan fingerprint density at radius 3 is 2.41 bits per heavy atom. The van der Waals surface area contributed by atoms with Crippen molar-refractivity contribution in [3.05, 3.63) is 82.4 Å². The van der Waals surface area contributed by atoms with Crippen molar-refractivity contribution in [2.45, 2.75) is 64.6 Å². The van der Waals surface area contributed by atoms with Crippen molar-refractivity contribution in [1.82, 2.24) is 10.2 Å². The Hall–Kier alpha value is -3.78. The summed E-state index contributed by atoms with van der Waals surface area (Å²) in [6.07, 6.45) is 3.10. The van der Waals surface area contributed by atoms with Crippen LogP contribution in [0.2, 0.25) is 0 Å². The standard InChI is InChI=1S/C29H36N4O4/c1-18-14-22(11-10-21(18)16-23(27(31)35)15-19(2)30)28(36)32-17-26(34)33-24(20-8-6-5-7-9-20)12-13-25(33)29(3,4)37/h5-11,14-15,24-25,30,37H,12-13,16-17H2,1-4H3,(H2,31,35)(H,32,36)/b23-15-,30-19?. The highest BCUT2D eigenvalue weighted by molar-refractivity contribution is 6.01. The van der Waals surface area contributed by atoms with Gasteiger partial charge in [0.15, 0.2) is 0 Å². The Labute approximate surface area is 218 Å². The molecule has 8 nitrogen and oxygen atoms in total. The van der Waals surface area contributed by atoms with Crippen molar-refractivity contribution < 1.29 is 19.5 Å². The predicted molar refractivity (Wildman–Crippen MR) is 143 cm³/mol. The average molecular weight is 505 g/mol. The van der Waals surface area contributed by atoms with Crippen molar-refractivity contribution in [3.8, 4) is 0 Å². The zero-order valence-corrected chi connectivity index (χ0v) is 21.9. The number of primary amides is 1. The molecule has 196 valence electrons. The van der Waals surface area contributed by atoms with Crippen LogP contribution in [0.3, 0.4) is 0 Å². The molecule has 8 heteroatoms. The maximum Gasteiger partial charge on any atom is 0.251 e. The molecule has 0 spiro atoms. The Morgan fingerprint density at radius 1 is 1.16 bits per heavy atom. The van der Waals surface area contributed by atoms with Crippen molar-refractivity contribution in [3.63, 3.8) is 0 Å². The zero-order valence-electron chi connectivity index (χ0n) is 21.9. The number of carbonyl (C=O) groups excluding carboxylic acids is 3. The van der Waals surface area contributed by atoms with E-state index in [9.17, 15) is 19.5 Å². The summed E-state index contributed by atoms with van der Waals surface area (Å²) in [6, 6.07) is 14.3.